The number of ether oxygens (including phenoxy) is 2. The Morgan fingerprint density at radius 1 is 0.921 bits per heavy atom. The molecule has 4 aromatic rings. The quantitative estimate of drug-likeness (QED) is 0.227. The van der Waals surface area contributed by atoms with Crippen molar-refractivity contribution in [3.8, 4) is 22.8 Å². The minimum atomic E-state index is -0.236. The van der Waals surface area contributed by atoms with E-state index in [4.69, 9.17) is 9.47 Å². The molecule has 5 rings (SSSR count). The van der Waals surface area contributed by atoms with Crippen molar-refractivity contribution in [2.45, 2.75) is 45.6 Å². The maximum absolute atomic E-state index is 13.7. The lowest BCUT2D eigenvalue weighted by molar-refractivity contribution is 0.0746. The van der Waals surface area contributed by atoms with Crippen LogP contribution < -0.4 is 9.47 Å². The number of carbonyl (C=O) groups is 1. The highest BCUT2D eigenvalue weighted by Gasteiger charge is 2.41. The number of aromatic amines is 1. The Labute approximate surface area is 224 Å². The van der Waals surface area contributed by atoms with Gasteiger partial charge in [0.15, 0.2) is 0 Å². The number of carbonyl (C=O) groups excluding carboxylic acids is 1. The van der Waals surface area contributed by atoms with Crippen molar-refractivity contribution in [2.24, 2.45) is 0 Å². The molecule has 0 saturated carbocycles. The molecule has 3 aromatic carbocycles. The lowest BCUT2D eigenvalue weighted by atomic mass is 9.95. The van der Waals surface area contributed by atoms with Crippen LogP contribution in [0.4, 0.5) is 0 Å². The molecule has 1 aliphatic rings. The molecule has 1 N–H and O–H groups in total. The molecule has 0 aliphatic carbocycles. The first-order valence-corrected chi connectivity index (χ1v) is 13.4. The normalized spacial score (nSPS) is 14.6. The molecule has 1 aromatic heterocycles. The Hall–Kier alpha value is -4.06. The lowest BCUT2D eigenvalue weighted by Gasteiger charge is -2.26. The Bertz CT molecular complexity index is 1360. The number of aromatic nitrogens is 2. The van der Waals surface area contributed by atoms with Crippen LogP contribution in [0, 0.1) is 6.92 Å². The fraction of sp³-hybridized carbons (Fsp3) is 0.312. The second-order valence-corrected chi connectivity index (χ2v) is 9.85. The van der Waals surface area contributed by atoms with Crippen LogP contribution in [0.5, 0.6) is 11.5 Å². The van der Waals surface area contributed by atoms with Gasteiger partial charge in [-0.15, -0.1) is 0 Å². The van der Waals surface area contributed by atoms with Gasteiger partial charge < -0.3 is 14.4 Å². The highest BCUT2D eigenvalue weighted by Crippen LogP contribution is 2.43. The van der Waals surface area contributed by atoms with E-state index in [0.717, 1.165) is 58.7 Å². The third kappa shape index (κ3) is 5.30. The number of hydrogen-bond acceptors (Lipinski definition) is 4. The molecule has 0 bridgehead atoms. The van der Waals surface area contributed by atoms with E-state index in [2.05, 4.69) is 72.6 Å². The molecular weight excluding hydrogens is 474 g/mol. The number of amides is 1. The molecular formula is C32H35N3O3. The molecule has 196 valence electrons. The molecule has 0 radical (unpaired) electrons. The summed E-state index contributed by atoms with van der Waals surface area (Å²) in [6.07, 6.45) is 4.12. The predicted octanol–water partition coefficient (Wildman–Crippen LogP) is 6.75. The van der Waals surface area contributed by atoms with Gasteiger partial charge in [0, 0.05) is 17.7 Å². The van der Waals surface area contributed by atoms with Gasteiger partial charge in [0.05, 0.1) is 25.5 Å². The summed E-state index contributed by atoms with van der Waals surface area (Å²) in [6, 6.07) is 24.3. The summed E-state index contributed by atoms with van der Waals surface area (Å²) in [6.45, 7) is 5.55. The van der Waals surface area contributed by atoms with E-state index >= 15 is 0 Å². The molecule has 38 heavy (non-hydrogen) atoms. The predicted molar refractivity (Wildman–Crippen MR) is 150 cm³/mol. The van der Waals surface area contributed by atoms with Gasteiger partial charge in [-0.3, -0.25) is 9.89 Å². The van der Waals surface area contributed by atoms with Crippen molar-refractivity contribution in [1.82, 2.24) is 15.1 Å². The second-order valence-electron chi connectivity index (χ2n) is 9.85. The number of fused-ring (bicyclic) bond motifs is 1. The molecule has 6 nitrogen and oxygen atoms in total. The minimum Gasteiger partial charge on any atom is -0.497 e. The highest BCUT2D eigenvalue weighted by atomic mass is 16.5. The van der Waals surface area contributed by atoms with Gasteiger partial charge >= 0.3 is 0 Å². The maximum Gasteiger partial charge on any atom is 0.273 e. The highest BCUT2D eigenvalue weighted by molar-refractivity contribution is 6.00. The number of unbranched alkanes of at least 4 members (excludes halogenated alkanes) is 2. The van der Waals surface area contributed by atoms with Gasteiger partial charge in [0.1, 0.15) is 17.2 Å². The first-order valence-electron chi connectivity index (χ1n) is 13.4. The van der Waals surface area contributed by atoms with Crippen molar-refractivity contribution in [1.29, 1.82) is 0 Å². The fourth-order valence-corrected chi connectivity index (χ4v) is 5.04. The summed E-state index contributed by atoms with van der Waals surface area (Å²) < 4.78 is 11.2. The zero-order valence-electron chi connectivity index (χ0n) is 22.4. The number of rotatable bonds is 11. The van der Waals surface area contributed by atoms with Gasteiger partial charge in [0.25, 0.3) is 5.91 Å². The number of aryl methyl sites for hydroxylation is 1. The topological polar surface area (TPSA) is 67.5 Å². The molecule has 0 saturated heterocycles. The summed E-state index contributed by atoms with van der Waals surface area (Å²) in [7, 11) is 1.66. The van der Waals surface area contributed by atoms with E-state index in [9.17, 15) is 4.79 Å². The first kappa shape index (κ1) is 25.6. The number of H-pyrrole nitrogens is 1. The zero-order chi connectivity index (χ0) is 26.5. The summed E-state index contributed by atoms with van der Waals surface area (Å²) >= 11 is 0. The summed E-state index contributed by atoms with van der Waals surface area (Å²) in [5.74, 6) is 1.65. The van der Waals surface area contributed by atoms with Crippen molar-refractivity contribution < 1.29 is 14.3 Å². The van der Waals surface area contributed by atoms with Crippen molar-refractivity contribution >= 4 is 5.91 Å². The largest absolute Gasteiger partial charge is 0.497 e. The van der Waals surface area contributed by atoms with Crippen LogP contribution in [-0.4, -0.2) is 41.3 Å². The number of benzene rings is 3. The van der Waals surface area contributed by atoms with Crippen LogP contribution in [-0.2, 0) is 6.42 Å². The van der Waals surface area contributed by atoms with Crippen LogP contribution in [0.3, 0.4) is 0 Å². The summed E-state index contributed by atoms with van der Waals surface area (Å²) in [4.78, 5) is 15.6. The SMILES string of the molecule is CCCCCOc1ccc(C2c3c(-c4ccc(C)cc4)n[nH]c3C(=O)N2CCc2ccc(OC)cc2)cc1. The van der Waals surface area contributed by atoms with E-state index in [-0.39, 0.29) is 11.9 Å². The third-order valence-electron chi connectivity index (χ3n) is 7.20. The van der Waals surface area contributed by atoms with Gasteiger partial charge in [-0.2, -0.15) is 5.10 Å². The van der Waals surface area contributed by atoms with E-state index in [1.807, 2.05) is 29.2 Å². The molecule has 2 heterocycles. The van der Waals surface area contributed by atoms with Gasteiger partial charge in [0.2, 0.25) is 0 Å². The van der Waals surface area contributed by atoms with Gasteiger partial charge in [-0.05, 0) is 55.2 Å². The number of nitrogens with one attached hydrogen (secondary N) is 1. The van der Waals surface area contributed by atoms with Crippen LogP contribution in [0.2, 0.25) is 0 Å². The van der Waals surface area contributed by atoms with Crippen LogP contribution in [0.1, 0.15) is 65.0 Å². The Morgan fingerprint density at radius 2 is 1.63 bits per heavy atom. The zero-order valence-corrected chi connectivity index (χ0v) is 22.4. The molecule has 1 aliphatic heterocycles. The Kier molecular flexibility index (Phi) is 7.78. The fourth-order valence-electron chi connectivity index (χ4n) is 5.04. The number of hydrogen-bond donors (Lipinski definition) is 1. The van der Waals surface area contributed by atoms with E-state index in [0.29, 0.717) is 18.8 Å². The van der Waals surface area contributed by atoms with Crippen LogP contribution >= 0.6 is 0 Å². The van der Waals surface area contributed by atoms with Crippen LogP contribution in [0.15, 0.2) is 72.8 Å². The Balaban J connectivity index is 1.45. The van der Waals surface area contributed by atoms with Gasteiger partial charge in [-0.1, -0.05) is 73.9 Å². The summed E-state index contributed by atoms with van der Waals surface area (Å²) in [5, 5.41) is 7.66. The summed E-state index contributed by atoms with van der Waals surface area (Å²) in [5.41, 5.74) is 6.71. The smallest absolute Gasteiger partial charge is 0.273 e. The molecule has 0 spiro atoms. The average molecular weight is 510 g/mol. The van der Waals surface area contributed by atoms with E-state index < -0.39 is 0 Å². The minimum absolute atomic E-state index is 0.0238. The van der Waals surface area contributed by atoms with Crippen molar-refractivity contribution in [2.75, 3.05) is 20.3 Å². The molecule has 1 atom stereocenters. The monoisotopic (exact) mass is 509 g/mol. The molecule has 1 amide bonds. The van der Waals surface area contributed by atoms with Crippen molar-refractivity contribution in [3.05, 3.63) is 101 Å². The van der Waals surface area contributed by atoms with Gasteiger partial charge in [-0.25, -0.2) is 0 Å². The standard InChI is InChI=1S/C32H35N3O3/c1-4-5-6-21-38-27-17-13-25(14-18-27)31-28-29(24-11-7-22(2)8-12-24)33-34-30(28)32(36)35(31)20-19-23-9-15-26(37-3)16-10-23/h7-18,31H,4-6,19-21H2,1-3H3,(H,33,34). The number of methoxy groups -OCH3 is 1. The third-order valence-corrected chi connectivity index (χ3v) is 7.20. The second kappa shape index (κ2) is 11.5. The molecule has 1 unspecified atom stereocenters. The maximum atomic E-state index is 13.7. The average Bonchev–Trinajstić information content (AvgIpc) is 3.50. The van der Waals surface area contributed by atoms with Crippen LogP contribution in [0.25, 0.3) is 11.3 Å². The first-order chi connectivity index (χ1) is 18.6. The van der Waals surface area contributed by atoms with E-state index in [1.54, 1.807) is 7.11 Å². The van der Waals surface area contributed by atoms with Crippen molar-refractivity contribution in [3.63, 3.8) is 0 Å². The Morgan fingerprint density at radius 3 is 2.32 bits per heavy atom. The lowest BCUT2D eigenvalue weighted by Crippen LogP contribution is -2.31. The number of nitrogens with zero attached hydrogens (tertiary/aromatic N) is 2. The van der Waals surface area contributed by atoms with E-state index in [1.165, 1.54) is 12.0 Å². The molecule has 6 heteroatoms. The molecule has 0 fully saturated rings.